The summed E-state index contributed by atoms with van der Waals surface area (Å²) in [6.07, 6.45) is -1.93. The van der Waals surface area contributed by atoms with Gasteiger partial charge in [-0.1, -0.05) is 35.5 Å². The van der Waals surface area contributed by atoms with Gasteiger partial charge in [-0.15, -0.1) is 0 Å². The van der Waals surface area contributed by atoms with Gasteiger partial charge in [-0.3, -0.25) is 4.90 Å². The maximum atomic E-state index is 12.9. The quantitative estimate of drug-likeness (QED) is 0.644. The molecule has 2 aliphatic heterocycles. The maximum absolute atomic E-state index is 12.9. The number of likely N-dealkylation sites (tertiary alicyclic amines) is 1. The normalized spacial score (nSPS) is 21.6. The first kappa shape index (κ1) is 27.2. The third-order valence-electron chi connectivity index (χ3n) is 6.53. The molecule has 35 heavy (non-hydrogen) atoms. The molecule has 1 aromatic heterocycles. The number of sulfonamides is 1. The van der Waals surface area contributed by atoms with Gasteiger partial charge in [-0.05, 0) is 50.6 Å². The van der Waals surface area contributed by atoms with Crippen molar-refractivity contribution in [1.82, 2.24) is 14.4 Å². The number of carbonyl (C=O) groups is 1. The molecular weight excluding hydrogens is 487 g/mol. The zero-order chi connectivity index (χ0) is 25.9. The predicted molar refractivity (Wildman–Crippen MR) is 122 cm³/mol. The number of benzene rings is 1. The molecule has 0 saturated carbocycles. The van der Waals surface area contributed by atoms with Crippen LogP contribution in [0.3, 0.4) is 0 Å². The number of carboxylic acids is 1. The van der Waals surface area contributed by atoms with Crippen LogP contribution in [0.25, 0.3) is 0 Å². The third-order valence-corrected chi connectivity index (χ3v) is 8.33. The summed E-state index contributed by atoms with van der Waals surface area (Å²) in [5, 5.41) is 11.2. The Bertz CT molecular complexity index is 1100. The molecule has 4 rings (SSSR count). The highest BCUT2D eigenvalue weighted by atomic mass is 32.2. The van der Waals surface area contributed by atoms with Crippen molar-refractivity contribution in [2.24, 2.45) is 5.41 Å². The number of aromatic nitrogens is 1. The Balaban J connectivity index is 0.000000429. The Hall–Kier alpha value is -2.44. The molecular formula is C23H30F3N3O5S. The van der Waals surface area contributed by atoms with Crippen molar-refractivity contribution in [2.75, 3.05) is 26.2 Å². The first-order chi connectivity index (χ1) is 16.3. The van der Waals surface area contributed by atoms with Crippen LogP contribution in [0.4, 0.5) is 13.2 Å². The third kappa shape index (κ3) is 7.05. The minimum absolute atomic E-state index is 0.0704. The molecule has 1 aromatic carbocycles. The standard InChI is InChI=1S/C21H29N3O3S.C2HF3O2/c1-17-20(18(2)27-22-17)13-23-11-6-9-21(15-23)10-12-24(16-21)28(25,26)14-19-7-4-3-5-8-19;3-2(4,5)1(6)7/h3-5,7-8H,6,9-16H2,1-2H3;(H,6,7). The predicted octanol–water partition coefficient (Wildman–Crippen LogP) is 3.74. The molecule has 0 radical (unpaired) electrons. The van der Waals surface area contributed by atoms with Crippen LogP contribution in [0.15, 0.2) is 34.9 Å². The maximum Gasteiger partial charge on any atom is 0.490 e. The van der Waals surface area contributed by atoms with Gasteiger partial charge >= 0.3 is 12.1 Å². The van der Waals surface area contributed by atoms with Crippen LogP contribution in [0.5, 0.6) is 0 Å². The molecule has 194 valence electrons. The van der Waals surface area contributed by atoms with Gasteiger partial charge in [0.1, 0.15) is 5.76 Å². The van der Waals surface area contributed by atoms with Gasteiger partial charge in [0.2, 0.25) is 10.0 Å². The van der Waals surface area contributed by atoms with Gasteiger partial charge in [0.25, 0.3) is 0 Å². The van der Waals surface area contributed by atoms with E-state index in [-0.39, 0.29) is 11.2 Å². The monoisotopic (exact) mass is 517 g/mol. The van der Waals surface area contributed by atoms with Crippen LogP contribution in [0.1, 0.15) is 41.8 Å². The summed E-state index contributed by atoms with van der Waals surface area (Å²) in [6.45, 7) is 8.03. The van der Waals surface area contributed by atoms with E-state index in [2.05, 4.69) is 10.1 Å². The Morgan fingerprint density at radius 2 is 1.80 bits per heavy atom. The largest absolute Gasteiger partial charge is 0.490 e. The Kier molecular flexibility index (Phi) is 8.28. The fourth-order valence-electron chi connectivity index (χ4n) is 4.74. The van der Waals surface area contributed by atoms with Gasteiger partial charge in [0.05, 0.1) is 11.4 Å². The van der Waals surface area contributed by atoms with E-state index in [9.17, 15) is 21.6 Å². The van der Waals surface area contributed by atoms with Gasteiger partial charge in [-0.2, -0.15) is 13.2 Å². The second-order valence-electron chi connectivity index (χ2n) is 9.25. The minimum Gasteiger partial charge on any atom is -0.475 e. The Labute approximate surface area is 202 Å². The van der Waals surface area contributed by atoms with Crippen molar-refractivity contribution in [3.8, 4) is 0 Å². The second-order valence-corrected chi connectivity index (χ2v) is 11.2. The van der Waals surface area contributed by atoms with Gasteiger partial charge in [-0.25, -0.2) is 17.5 Å². The van der Waals surface area contributed by atoms with Crippen LogP contribution in [-0.2, 0) is 27.1 Å². The molecule has 0 amide bonds. The van der Waals surface area contributed by atoms with Crippen LogP contribution < -0.4 is 0 Å². The summed E-state index contributed by atoms with van der Waals surface area (Å²) < 4.78 is 64.7. The molecule has 8 nitrogen and oxygen atoms in total. The Morgan fingerprint density at radius 3 is 2.37 bits per heavy atom. The first-order valence-electron chi connectivity index (χ1n) is 11.3. The number of aliphatic carboxylic acids is 1. The number of hydrogen-bond donors (Lipinski definition) is 1. The summed E-state index contributed by atoms with van der Waals surface area (Å²) in [6, 6.07) is 9.47. The number of piperidine rings is 1. The molecule has 2 aromatic rings. The highest BCUT2D eigenvalue weighted by Crippen LogP contribution is 2.41. The number of alkyl halides is 3. The van der Waals surface area contributed by atoms with Gasteiger partial charge < -0.3 is 9.63 Å². The highest BCUT2D eigenvalue weighted by molar-refractivity contribution is 7.88. The van der Waals surface area contributed by atoms with Crippen molar-refractivity contribution >= 4 is 16.0 Å². The van der Waals surface area contributed by atoms with Gasteiger partial charge in [0, 0.05) is 31.7 Å². The van der Waals surface area contributed by atoms with Crippen molar-refractivity contribution in [2.45, 2.75) is 51.6 Å². The van der Waals surface area contributed by atoms with E-state index in [4.69, 9.17) is 14.4 Å². The summed E-state index contributed by atoms with van der Waals surface area (Å²) in [7, 11) is -3.28. The van der Waals surface area contributed by atoms with E-state index < -0.39 is 22.2 Å². The van der Waals surface area contributed by atoms with Crippen LogP contribution in [0.2, 0.25) is 0 Å². The average Bonchev–Trinajstić information content (AvgIpc) is 3.33. The summed E-state index contributed by atoms with van der Waals surface area (Å²) >= 11 is 0. The lowest BCUT2D eigenvalue weighted by molar-refractivity contribution is -0.192. The molecule has 1 unspecified atom stereocenters. The lowest BCUT2D eigenvalue weighted by Gasteiger charge is -2.40. The molecule has 1 N–H and O–H groups in total. The number of rotatable bonds is 5. The van der Waals surface area contributed by atoms with Crippen LogP contribution >= 0.6 is 0 Å². The summed E-state index contributed by atoms with van der Waals surface area (Å²) in [5.41, 5.74) is 3.05. The Morgan fingerprint density at radius 1 is 1.14 bits per heavy atom. The fraction of sp³-hybridized carbons (Fsp3) is 0.565. The highest BCUT2D eigenvalue weighted by Gasteiger charge is 2.44. The fourth-order valence-corrected chi connectivity index (χ4v) is 6.37. The van der Waals surface area contributed by atoms with E-state index in [0.29, 0.717) is 13.1 Å². The van der Waals surface area contributed by atoms with E-state index in [1.54, 1.807) is 4.31 Å². The number of halogens is 3. The van der Waals surface area contributed by atoms with Crippen molar-refractivity contribution in [3.63, 3.8) is 0 Å². The lowest BCUT2D eigenvalue weighted by atomic mass is 9.79. The smallest absolute Gasteiger partial charge is 0.475 e. The number of carboxylic acid groups (broad SMARTS) is 1. The molecule has 0 aliphatic carbocycles. The van der Waals surface area contributed by atoms with Crippen molar-refractivity contribution in [3.05, 3.63) is 52.9 Å². The van der Waals surface area contributed by atoms with E-state index in [0.717, 1.165) is 55.9 Å². The molecule has 2 fully saturated rings. The van der Waals surface area contributed by atoms with E-state index in [1.165, 1.54) is 5.56 Å². The zero-order valence-electron chi connectivity index (χ0n) is 19.7. The van der Waals surface area contributed by atoms with Gasteiger partial charge in [0.15, 0.2) is 0 Å². The number of nitrogens with zero attached hydrogens (tertiary/aromatic N) is 3. The summed E-state index contributed by atoms with van der Waals surface area (Å²) in [5.74, 6) is -1.78. The van der Waals surface area contributed by atoms with Crippen LogP contribution in [0, 0.1) is 19.3 Å². The molecule has 1 spiro atoms. The number of aryl methyl sites for hydroxylation is 2. The zero-order valence-corrected chi connectivity index (χ0v) is 20.5. The minimum atomic E-state index is -5.08. The van der Waals surface area contributed by atoms with E-state index >= 15 is 0 Å². The molecule has 2 saturated heterocycles. The molecule has 1 atom stereocenters. The average molecular weight is 518 g/mol. The molecule has 3 heterocycles. The first-order valence-corrected chi connectivity index (χ1v) is 12.9. The molecule has 2 aliphatic rings. The number of hydrogen-bond acceptors (Lipinski definition) is 6. The lowest BCUT2D eigenvalue weighted by Crippen LogP contribution is -2.45. The van der Waals surface area contributed by atoms with Crippen LogP contribution in [-0.4, -0.2) is 66.2 Å². The molecule has 12 heteroatoms. The summed E-state index contributed by atoms with van der Waals surface area (Å²) in [4.78, 5) is 11.3. The second kappa shape index (κ2) is 10.7. The SMILES string of the molecule is Cc1noc(C)c1CN1CCCC2(CCN(S(=O)(=O)Cc3ccccc3)C2)C1.O=C(O)C(F)(F)F. The van der Waals surface area contributed by atoms with Crippen molar-refractivity contribution in [1.29, 1.82) is 0 Å². The van der Waals surface area contributed by atoms with Crippen molar-refractivity contribution < 1.29 is 36.0 Å². The molecule has 0 bridgehead atoms. The topological polar surface area (TPSA) is 104 Å². The van der Waals surface area contributed by atoms with E-state index in [1.807, 2.05) is 44.2 Å².